The first-order chi connectivity index (χ1) is 8.57. The highest BCUT2D eigenvalue weighted by Gasteiger charge is 2.55. The Morgan fingerprint density at radius 3 is 2.37 bits per heavy atom. The first-order valence-corrected chi connectivity index (χ1v) is 7.58. The fourth-order valence-corrected chi connectivity index (χ4v) is 3.89. The predicted molar refractivity (Wildman–Crippen MR) is 64.7 cm³/mol. The molecule has 0 bridgehead atoms. The van der Waals surface area contributed by atoms with Gasteiger partial charge in [-0.3, -0.25) is 4.79 Å². The number of rotatable bonds is 2. The summed E-state index contributed by atoms with van der Waals surface area (Å²) in [6, 6.07) is 1.85. The van der Waals surface area contributed by atoms with Crippen molar-refractivity contribution in [2.45, 2.75) is 25.8 Å². The second-order valence-electron chi connectivity index (χ2n) is 4.63. The number of carbonyl (C=O) groups excluding carboxylic acids is 1. The molecule has 0 radical (unpaired) electrons. The highest BCUT2D eigenvalue weighted by Crippen LogP contribution is 2.45. The molecule has 1 aliphatic heterocycles. The Hall–Kier alpha value is -1.21. The summed E-state index contributed by atoms with van der Waals surface area (Å²) >= 11 is 0. The van der Waals surface area contributed by atoms with E-state index in [0.29, 0.717) is 4.31 Å². The number of hydrogen-bond acceptors (Lipinski definition) is 3. The van der Waals surface area contributed by atoms with Crippen LogP contribution in [0.3, 0.4) is 0 Å². The van der Waals surface area contributed by atoms with Gasteiger partial charge in [0.25, 0.3) is 0 Å². The van der Waals surface area contributed by atoms with Crippen molar-refractivity contribution in [2.24, 2.45) is 0 Å². The van der Waals surface area contributed by atoms with Gasteiger partial charge in [0.15, 0.2) is 0 Å². The van der Waals surface area contributed by atoms with E-state index in [2.05, 4.69) is 0 Å². The Morgan fingerprint density at radius 1 is 1.32 bits per heavy atom. The predicted octanol–water partition coefficient (Wildman–Crippen LogP) is 2.20. The van der Waals surface area contributed by atoms with Crippen molar-refractivity contribution in [1.82, 2.24) is 4.31 Å². The first-order valence-electron chi connectivity index (χ1n) is 5.31. The van der Waals surface area contributed by atoms with Crippen molar-refractivity contribution in [1.29, 1.82) is 0 Å². The van der Waals surface area contributed by atoms with Crippen LogP contribution >= 0.6 is 10.7 Å². The van der Waals surface area contributed by atoms with Crippen LogP contribution in [0, 0.1) is 18.6 Å². The molecule has 0 aromatic heterocycles. The zero-order valence-electron chi connectivity index (χ0n) is 10.1. The molecular formula is C11H10ClF2NO3S. The second-order valence-corrected chi connectivity index (χ2v) is 6.99. The Kier molecular flexibility index (Phi) is 3.10. The molecule has 1 aliphatic rings. The van der Waals surface area contributed by atoms with E-state index in [1.807, 2.05) is 0 Å². The summed E-state index contributed by atoms with van der Waals surface area (Å²) in [6.45, 7) is 2.70. The molecule has 4 nitrogen and oxygen atoms in total. The minimum absolute atomic E-state index is 0.0933. The van der Waals surface area contributed by atoms with Crippen molar-refractivity contribution in [2.75, 3.05) is 0 Å². The lowest BCUT2D eigenvalue weighted by Gasteiger charge is -2.47. The lowest BCUT2D eigenvalue weighted by atomic mass is 9.81. The Bertz CT molecular complexity index is 677. The lowest BCUT2D eigenvalue weighted by Crippen LogP contribution is -2.60. The van der Waals surface area contributed by atoms with Crippen molar-refractivity contribution in [3.8, 4) is 0 Å². The van der Waals surface area contributed by atoms with E-state index in [9.17, 15) is 22.0 Å². The van der Waals surface area contributed by atoms with Gasteiger partial charge in [-0.2, -0.15) is 8.42 Å². The van der Waals surface area contributed by atoms with Gasteiger partial charge in [0.1, 0.15) is 11.6 Å². The monoisotopic (exact) mass is 309 g/mol. The van der Waals surface area contributed by atoms with Gasteiger partial charge in [-0.1, -0.05) is 0 Å². The summed E-state index contributed by atoms with van der Waals surface area (Å²) in [5.74, 6) is -2.21. The normalized spacial score (nSPS) is 23.4. The van der Waals surface area contributed by atoms with Gasteiger partial charge in [-0.15, -0.1) is 0 Å². The molecule has 1 amide bonds. The van der Waals surface area contributed by atoms with Gasteiger partial charge in [-0.25, -0.2) is 13.1 Å². The number of β-lactam (4-membered cyclic amide) rings is 1. The van der Waals surface area contributed by atoms with Crippen LogP contribution in [0.25, 0.3) is 0 Å². The van der Waals surface area contributed by atoms with Crippen LogP contribution < -0.4 is 0 Å². The van der Waals surface area contributed by atoms with Crippen LogP contribution in [0.15, 0.2) is 12.1 Å². The Labute approximate surface area is 113 Å². The molecule has 1 saturated heterocycles. The van der Waals surface area contributed by atoms with Crippen LogP contribution in [0.5, 0.6) is 0 Å². The average Bonchev–Trinajstić information content (AvgIpc) is 2.19. The molecule has 1 heterocycles. The molecule has 1 aromatic rings. The van der Waals surface area contributed by atoms with Crippen molar-refractivity contribution in [3.05, 3.63) is 34.9 Å². The molecule has 1 fully saturated rings. The molecule has 104 valence electrons. The summed E-state index contributed by atoms with van der Waals surface area (Å²) in [5.41, 5.74) is -1.61. The number of nitrogens with zero attached hydrogens (tertiary/aromatic N) is 1. The molecule has 19 heavy (non-hydrogen) atoms. The van der Waals surface area contributed by atoms with Crippen molar-refractivity contribution >= 4 is 25.8 Å². The van der Waals surface area contributed by atoms with Gasteiger partial charge in [0.05, 0.1) is 12.0 Å². The van der Waals surface area contributed by atoms with Crippen LogP contribution in [-0.2, 0) is 19.6 Å². The summed E-state index contributed by atoms with van der Waals surface area (Å²) in [5, 5.41) is 0. The van der Waals surface area contributed by atoms with E-state index >= 15 is 0 Å². The first kappa shape index (κ1) is 14.2. The lowest BCUT2D eigenvalue weighted by molar-refractivity contribution is -0.144. The van der Waals surface area contributed by atoms with Crippen molar-refractivity contribution < 1.29 is 22.0 Å². The van der Waals surface area contributed by atoms with Crippen LogP contribution in [0.1, 0.15) is 24.5 Å². The fraction of sp³-hybridized carbons (Fsp3) is 0.364. The zero-order valence-corrected chi connectivity index (χ0v) is 11.6. The molecule has 2 rings (SSSR count). The molecule has 8 heteroatoms. The number of hydrogen-bond donors (Lipinski definition) is 0. The van der Waals surface area contributed by atoms with E-state index in [4.69, 9.17) is 10.7 Å². The van der Waals surface area contributed by atoms with E-state index in [1.54, 1.807) is 0 Å². The van der Waals surface area contributed by atoms with Gasteiger partial charge in [0, 0.05) is 16.2 Å². The van der Waals surface area contributed by atoms with Gasteiger partial charge >= 0.3 is 9.24 Å². The molecule has 0 saturated carbocycles. The Balaban J connectivity index is 2.59. The third-order valence-corrected chi connectivity index (χ3v) is 4.67. The molecule has 0 N–H and O–H groups in total. The summed E-state index contributed by atoms with van der Waals surface area (Å²) < 4.78 is 50.4. The molecule has 0 spiro atoms. The van der Waals surface area contributed by atoms with E-state index < -0.39 is 32.3 Å². The minimum atomic E-state index is -4.34. The van der Waals surface area contributed by atoms with Crippen LogP contribution in [-0.4, -0.2) is 18.6 Å². The number of halogens is 3. The SMILES string of the molecule is Cc1cc(F)c(C2(C)CC(=O)N2S(=O)(=O)Cl)cc1F. The number of amides is 1. The maximum atomic E-state index is 13.9. The topological polar surface area (TPSA) is 54.5 Å². The molecule has 1 atom stereocenters. The summed E-state index contributed by atoms with van der Waals surface area (Å²) in [4.78, 5) is 11.4. The quantitative estimate of drug-likeness (QED) is 0.621. The third-order valence-electron chi connectivity index (χ3n) is 3.22. The van der Waals surface area contributed by atoms with Gasteiger partial charge in [-0.05, 0) is 31.5 Å². The van der Waals surface area contributed by atoms with E-state index in [1.165, 1.54) is 13.8 Å². The third kappa shape index (κ3) is 2.10. The highest BCUT2D eigenvalue weighted by molar-refractivity contribution is 8.12. The zero-order chi connectivity index (χ0) is 14.6. The van der Waals surface area contributed by atoms with Crippen LogP contribution in [0.2, 0.25) is 0 Å². The second kappa shape index (κ2) is 4.14. The van der Waals surface area contributed by atoms with Gasteiger partial charge in [0.2, 0.25) is 5.91 Å². The Morgan fingerprint density at radius 2 is 1.89 bits per heavy atom. The largest absolute Gasteiger partial charge is 0.324 e. The number of aryl methyl sites for hydroxylation is 1. The van der Waals surface area contributed by atoms with Gasteiger partial charge < -0.3 is 0 Å². The molecule has 1 unspecified atom stereocenters. The smallest absolute Gasteiger partial charge is 0.274 e. The maximum absolute atomic E-state index is 13.9. The number of benzene rings is 1. The van der Waals surface area contributed by atoms with Crippen molar-refractivity contribution in [3.63, 3.8) is 0 Å². The van der Waals surface area contributed by atoms with E-state index in [-0.39, 0.29) is 17.5 Å². The average molecular weight is 310 g/mol. The fourth-order valence-electron chi connectivity index (χ4n) is 2.25. The standard InChI is InChI=1S/C11H10ClF2NO3S/c1-6-3-9(14)7(4-8(6)13)11(2)5-10(16)15(11)19(12,17)18/h3-4H,5H2,1-2H3. The molecule has 1 aromatic carbocycles. The summed E-state index contributed by atoms with van der Waals surface area (Å²) in [7, 11) is 0.805. The minimum Gasteiger partial charge on any atom is -0.274 e. The maximum Gasteiger partial charge on any atom is 0.324 e. The number of carbonyl (C=O) groups is 1. The van der Waals surface area contributed by atoms with Crippen LogP contribution in [0.4, 0.5) is 8.78 Å². The highest BCUT2D eigenvalue weighted by atomic mass is 35.7. The molecular weight excluding hydrogens is 300 g/mol. The molecule has 0 aliphatic carbocycles. The van der Waals surface area contributed by atoms with E-state index in [0.717, 1.165) is 12.1 Å². The summed E-state index contributed by atoms with van der Waals surface area (Å²) in [6.07, 6.45) is -0.252.